The summed E-state index contributed by atoms with van der Waals surface area (Å²) >= 11 is 0. The van der Waals surface area contributed by atoms with Gasteiger partial charge < -0.3 is 4.90 Å². The molecule has 1 aliphatic heterocycles. The van der Waals surface area contributed by atoms with Gasteiger partial charge in [-0.1, -0.05) is 30.3 Å². The summed E-state index contributed by atoms with van der Waals surface area (Å²) in [6, 6.07) is 10.8. The van der Waals surface area contributed by atoms with Crippen LogP contribution in [-0.4, -0.2) is 31.1 Å². The maximum Gasteiger partial charge on any atom is 0.0933 e. The van der Waals surface area contributed by atoms with E-state index >= 15 is 0 Å². The molecule has 3 heteroatoms. The van der Waals surface area contributed by atoms with Gasteiger partial charge in [0.1, 0.15) is 0 Å². The van der Waals surface area contributed by atoms with E-state index in [1.54, 1.807) is 0 Å². The molecule has 0 spiro atoms. The maximum absolute atomic E-state index is 5.53. The van der Waals surface area contributed by atoms with Crippen molar-refractivity contribution in [2.75, 3.05) is 20.1 Å². The van der Waals surface area contributed by atoms with Crippen LogP contribution in [0.5, 0.6) is 0 Å². The molecule has 0 saturated carbocycles. The first-order valence-corrected chi connectivity index (χ1v) is 5.94. The lowest BCUT2D eigenvalue weighted by Crippen LogP contribution is -2.40. The van der Waals surface area contributed by atoms with Crippen molar-refractivity contribution in [1.29, 1.82) is 0 Å². The number of hydrogen-bond acceptors (Lipinski definition) is 3. The minimum Gasteiger partial charge on any atom is -0.306 e. The highest BCUT2D eigenvalue weighted by Crippen LogP contribution is 2.08. The molecule has 1 aromatic rings. The third kappa shape index (κ3) is 3.59. The summed E-state index contributed by atoms with van der Waals surface area (Å²) in [6.45, 7) is 2.96. The van der Waals surface area contributed by atoms with E-state index in [-0.39, 0.29) is 0 Å². The van der Waals surface area contributed by atoms with Gasteiger partial charge >= 0.3 is 0 Å². The van der Waals surface area contributed by atoms with Gasteiger partial charge in [-0.25, -0.2) is 0 Å². The zero-order valence-corrected chi connectivity index (χ0v) is 9.86. The van der Waals surface area contributed by atoms with Gasteiger partial charge in [0.15, 0.2) is 0 Å². The van der Waals surface area contributed by atoms with Gasteiger partial charge in [0.25, 0.3) is 0 Å². The molecule has 0 atom stereocenters. The van der Waals surface area contributed by atoms with Crippen molar-refractivity contribution in [2.45, 2.75) is 25.5 Å². The number of hydroxylamine groups is 1. The lowest BCUT2D eigenvalue weighted by Gasteiger charge is -2.29. The summed E-state index contributed by atoms with van der Waals surface area (Å²) < 4.78 is 0. The fourth-order valence-electron chi connectivity index (χ4n) is 1.94. The molecule has 1 aromatic carbocycles. The van der Waals surface area contributed by atoms with Gasteiger partial charge in [0.2, 0.25) is 0 Å². The van der Waals surface area contributed by atoms with E-state index < -0.39 is 0 Å². The zero-order valence-electron chi connectivity index (χ0n) is 9.86. The molecule has 1 aliphatic rings. The summed E-state index contributed by atoms with van der Waals surface area (Å²) in [7, 11) is 2.17. The number of likely N-dealkylation sites (tertiary alicyclic amines) is 1. The van der Waals surface area contributed by atoms with Crippen molar-refractivity contribution in [3.63, 3.8) is 0 Å². The van der Waals surface area contributed by atoms with Crippen molar-refractivity contribution in [2.24, 2.45) is 0 Å². The number of piperidine rings is 1. The predicted octanol–water partition coefficient (Wildman–Crippen LogP) is 1.80. The van der Waals surface area contributed by atoms with Gasteiger partial charge in [-0.3, -0.25) is 4.84 Å². The number of nitrogens with zero attached hydrogens (tertiary/aromatic N) is 1. The maximum atomic E-state index is 5.53. The van der Waals surface area contributed by atoms with Crippen LogP contribution in [0.4, 0.5) is 0 Å². The molecular weight excluding hydrogens is 200 g/mol. The molecule has 0 radical (unpaired) electrons. The number of benzene rings is 1. The molecule has 16 heavy (non-hydrogen) atoms. The quantitative estimate of drug-likeness (QED) is 0.783. The van der Waals surface area contributed by atoms with Gasteiger partial charge in [-0.05, 0) is 38.5 Å². The summed E-state index contributed by atoms with van der Waals surface area (Å²) in [5, 5.41) is 0. The fraction of sp³-hybridized carbons (Fsp3) is 0.538. The first-order chi connectivity index (χ1) is 7.84. The highest BCUT2D eigenvalue weighted by molar-refractivity contribution is 5.13. The molecule has 0 amide bonds. The lowest BCUT2D eigenvalue weighted by atomic mass is 10.1. The van der Waals surface area contributed by atoms with Gasteiger partial charge in [-0.15, -0.1) is 0 Å². The van der Waals surface area contributed by atoms with E-state index in [1.807, 2.05) is 18.2 Å². The van der Waals surface area contributed by atoms with Gasteiger partial charge in [0, 0.05) is 6.04 Å². The Labute approximate surface area is 97.4 Å². The first-order valence-electron chi connectivity index (χ1n) is 5.94. The van der Waals surface area contributed by atoms with Crippen LogP contribution in [0, 0.1) is 0 Å². The average molecular weight is 220 g/mol. The van der Waals surface area contributed by atoms with Crippen LogP contribution in [-0.2, 0) is 11.4 Å². The fourth-order valence-corrected chi connectivity index (χ4v) is 1.94. The van der Waals surface area contributed by atoms with Crippen molar-refractivity contribution in [3.8, 4) is 0 Å². The van der Waals surface area contributed by atoms with Crippen molar-refractivity contribution < 1.29 is 4.84 Å². The molecule has 88 valence electrons. The summed E-state index contributed by atoms with van der Waals surface area (Å²) in [5.74, 6) is 0. The molecule has 1 fully saturated rings. The van der Waals surface area contributed by atoms with Crippen LogP contribution in [0.1, 0.15) is 18.4 Å². The molecule has 0 bridgehead atoms. The van der Waals surface area contributed by atoms with Crippen LogP contribution >= 0.6 is 0 Å². The Bertz CT molecular complexity index is 294. The second-order valence-corrected chi connectivity index (χ2v) is 4.47. The molecule has 0 aliphatic carbocycles. The van der Waals surface area contributed by atoms with E-state index in [4.69, 9.17) is 4.84 Å². The predicted molar refractivity (Wildman–Crippen MR) is 64.9 cm³/mol. The third-order valence-corrected chi connectivity index (χ3v) is 3.05. The Hall–Kier alpha value is -0.900. The van der Waals surface area contributed by atoms with Crippen molar-refractivity contribution in [1.82, 2.24) is 10.4 Å². The highest BCUT2D eigenvalue weighted by Gasteiger charge is 2.15. The second-order valence-electron chi connectivity index (χ2n) is 4.47. The van der Waals surface area contributed by atoms with Crippen molar-refractivity contribution >= 4 is 0 Å². The van der Waals surface area contributed by atoms with Crippen LogP contribution < -0.4 is 5.48 Å². The topological polar surface area (TPSA) is 24.5 Å². The second kappa shape index (κ2) is 5.99. The Morgan fingerprint density at radius 2 is 1.94 bits per heavy atom. The van der Waals surface area contributed by atoms with Crippen LogP contribution in [0.15, 0.2) is 30.3 Å². The number of nitrogens with one attached hydrogen (secondary N) is 1. The van der Waals surface area contributed by atoms with Crippen molar-refractivity contribution in [3.05, 3.63) is 35.9 Å². The first kappa shape index (κ1) is 11.6. The molecule has 2 rings (SSSR count). The Morgan fingerprint density at radius 3 is 2.62 bits per heavy atom. The number of hydrogen-bond donors (Lipinski definition) is 1. The third-order valence-electron chi connectivity index (χ3n) is 3.05. The average Bonchev–Trinajstić information content (AvgIpc) is 2.33. The van der Waals surface area contributed by atoms with Crippen LogP contribution in [0.25, 0.3) is 0 Å². The normalized spacial score (nSPS) is 18.8. The van der Waals surface area contributed by atoms with E-state index in [0.29, 0.717) is 12.6 Å². The summed E-state index contributed by atoms with van der Waals surface area (Å²) in [6.07, 6.45) is 2.34. The SMILES string of the molecule is CN1CCC(NOCc2ccccc2)CC1. The molecular formula is C13H20N2O. The highest BCUT2D eigenvalue weighted by atomic mass is 16.6. The molecule has 1 N–H and O–H groups in total. The Kier molecular flexibility index (Phi) is 4.34. The Balaban J connectivity index is 1.65. The van der Waals surface area contributed by atoms with E-state index in [9.17, 15) is 0 Å². The minimum atomic E-state index is 0.514. The summed E-state index contributed by atoms with van der Waals surface area (Å²) in [4.78, 5) is 7.88. The largest absolute Gasteiger partial charge is 0.306 e. The van der Waals surface area contributed by atoms with Crippen LogP contribution in [0.2, 0.25) is 0 Å². The van der Waals surface area contributed by atoms with Gasteiger partial charge in [0.05, 0.1) is 6.61 Å². The Morgan fingerprint density at radius 1 is 1.25 bits per heavy atom. The van der Waals surface area contributed by atoms with Gasteiger partial charge in [-0.2, -0.15) is 5.48 Å². The van der Waals surface area contributed by atoms with E-state index in [2.05, 4.69) is 29.6 Å². The zero-order chi connectivity index (χ0) is 11.2. The standard InChI is InChI=1S/C13H20N2O/c1-15-9-7-13(8-10-15)14-16-11-12-5-3-2-4-6-12/h2-6,13-14H,7-11H2,1H3. The number of rotatable bonds is 4. The monoisotopic (exact) mass is 220 g/mol. The minimum absolute atomic E-state index is 0.514. The molecule has 1 saturated heterocycles. The lowest BCUT2D eigenvalue weighted by molar-refractivity contribution is -0.00987. The molecule has 0 aromatic heterocycles. The van der Waals surface area contributed by atoms with E-state index in [0.717, 1.165) is 13.1 Å². The van der Waals surface area contributed by atoms with Crippen LogP contribution in [0.3, 0.4) is 0 Å². The molecule has 3 nitrogen and oxygen atoms in total. The van der Waals surface area contributed by atoms with E-state index in [1.165, 1.54) is 18.4 Å². The smallest absolute Gasteiger partial charge is 0.0933 e. The molecule has 0 unspecified atom stereocenters. The molecule has 1 heterocycles. The summed E-state index contributed by atoms with van der Waals surface area (Å²) in [5.41, 5.74) is 4.37.